The van der Waals surface area contributed by atoms with E-state index in [0.717, 1.165) is 33.5 Å². The molecule has 2 aromatic carbocycles. The van der Waals surface area contributed by atoms with Crippen LogP contribution >= 0.6 is 11.6 Å². The van der Waals surface area contributed by atoms with Gasteiger partial charge in [0.1, 0.15) is 0 Å². The van der Waals surface area contributed by atoms with Crippen LogP contribution in [0.4, 0.5) is 0 Å². The van der Waals surface area contributed by atoms with Gasteiger partial charge in [-0.25, -0.2) is 0 Å². The van der Waals surface area contributed by atoms with Crippen LogP contribution in [0.3, 0.4) is 0 Å². The fraction of sp³-hybridized carbons (Fsp3) is 0.167. The van der Waals surface area contributed by atoms with Crippen LogP contribution in [-0.4, -0.2) is 17.4 Å². The van der Waals surface area contributed by atoms with Gasteiger partial charge < -0.3 is 10.3 Å². The molecule has 112 valence electrons. The summed E-state index contributed by atoms with van der Waals surface area (Å²) in [6, 6.07) is 15.7. The zero-order valence-corrected chi connectivity index (χ0v) is 12.9. The lowest BCUT2D eigenvalue weighted by molar-refractivity contribution is -0.120. The Balaban J connectivity index is 1.53. The lowest BCUT2D eigenvalue weighted by Crippen LogP contribution is -2.27. The average molecular weight is 313 g/mol. The number of fused-ring (bicyclic) bond motifs is 1. The topological polar surface area (TPSA) is 44.9 Å². The van der Waals surface area contributed by atoms with E-state index >= 15 is 0 Å². The molecule has 0 unspecified atom stereocenters. The van der Waals surface area contributed by atoms with Gasteiger partial charge in [0.15, 0.2) is 0 Å². The summed E-state index contributed by atoms with van der Waals surface area (Å²) in [5.74, 6) is 0.0405. The Morgan fingerprint density at radius 3 is 2.68 bits per heavy atom. The van der Waals surface area contributed by atoms with Gasteiger partial charge in [-0.1, -0.05) is 41.9 Å². The standard InChI is InChI=1S/C18H17ClN2O/c19-15-7-5-13(6-8-15)9-10-20-18(22)11-14-12-21-17-4-2-1-3-16(14)17/h1-8,12,21H,9-11H2,(H,20,22). The Hall–Kier alpha value is -2.26. The summed E-state index contributed by atoms with van der Waals surface area (Å²) in [5.41, 5.74) is 3.25. The second kappa shape index (κ2) is 6.67. The van der Waals surface area contributed by atoms with Gasteiger partial charge in [-0.2, -0.15) is 0 Å². The molecule has 22 heavy (non-hydrogen) atoms. The molecule has 4 heteroatoms. The summed E-state index contributed by atoms with van der Waals surface area (Å²) in [5, 5.41) is 4.80. The molecule has 3 rings (SSSR count). The third kappa shape index (κ3) is 3.49. The minimum atomic E-state index is 0.0405. The molecule has 0 saturated heterocycles. The normalized spacial score (nSPS) is 10.8. The van der Waals surface area contributed by atoms with Crippen LogP contribution in [0.5, 0.6) is 0 Å². The van der Waals surface area contributed by atoms with Crippen molar-refractivity contribution in [3.05, 3.63) is 70.9 Å². The van der Waals surface area contributed by atoms with E-state index in [1.54, 1.807) is 0 Å². The van der Waals surface area contributed by atoms with E-state index in [-0.39, 0.29) is 5.91 Å². The molecule has 0 aliphatic rings. The Morgan fingerprint density at radius 1 is 1.09 bits per heavy atom. The number of benzene rings is 2. The van der Waals surface area contributed by atoms with E-state index in [2.05, 4.69) is 10.3 Å². The lowest BCUT2D eigenvalue weighted by Gasteiger charge is -2.05. The molecule has 0 radical (unpaired) electrons. The van der Waals surface area contributed by atoms with Crippen molar-refractivity contribution in [1.29, 1.82) is 0 Å². The first-order chi connectivity index (χ1) is 10.7. The van der Waals surface area contributed by atoms with Crippen LogP contribution in [0.15, 0.2) is 54.7 Å². The fourth-order valence-corrected chi connectivity index (χ4v) is 2.64. The zero-order valence-electron chi connectivity index (χ0n) is 12.1. The maximum atomic E-state index is 12.1. The fourth-order valence-electron chi connectivity index (χ4n) is 2.51. The van der Waals surface area contributed by atoms with Gasteiger partial charge in [0.2, 0.25) is 5.91 Å². The number of amides is 1. The highest BCUT2D eigenvalue weighted by molar-refractivity contribution is 6.30. The molecule has 1 aromatic heterocycles. The molecule has 1 heterocycles. The zero-order chi connectivity index (χ0) is 15.4. The second-order valence-electron chi connectivity index (χ2n) is 5.26. The maximum absolute atomic E-state index is 12.1. The molecule has 1 amide bonds. The SMILES string of the molecule is O=C(Cc1c[nH]c2ccccc12)NCCc1ccc(Cl)cc1. The second-order valence-corrected chi connectivity index (χ2v) is 5.70. The molecule has 0 aliphatic carbocycles. The smallest absolute Gasteiger partial charge is 0.224 e. The van der Waals surface area contributed by atoms with E-state index in [1.807, 2.05) is 54.7 Å². The van der Waals surface area contributed by atoms with Crippen LogP contribution in [0, 0.1) is 0 Å². The van der Waals surface area contributed by atoms with E-state index in [1.165, 1.54) is 0 Å². The van der Waals surface area contributed by atoms with E-state index < -0.39 is 0 Å². The van der Waals surface area contributed by atoms with Gasteiger partial charge >= 0.3 is 0 Å². The third-order valence-corrected chi connectivity index (χ3v) is 3.93. The first kappa shape index (κ1) is 14.7. The number of halogens is 1. The van der Waals surface area contributed by atoms with Crippen molar-refractivity contribution in [2.75, 3.05) is 6.54 Å². The van der Waals surface area contributed by atoms with Crippen molar-refractivity contribution < 1.29 is 4.79 Å². The number of hydrogen-bond donors (Lipinski definition) is 2. The number of nitrogens with one attached hydrogen (secondary N) is 2. The number of carbonyl (C=O) groups is 1. The molecule has 0 aliphatic heterocycles. The number of rotatable bonds is 5. The highest BCUT2D eigenvalue weighted by Crippen LogP contribution is 2.17. The Morgan fingerprint density at radius 2 is 1.86 bits per heavy atom. The van der Waals surface area contributed by atoms with Gasteiger partial charge in [-0.3, -0.25) is 4.79 Å². The van der Waals surface area contributed by atoms with Crippen molar-refractivity contribution in [2.24, 2.45) is 0 Å². The lowest BCUT2D eigenvalue weighted by atomic mass is 10.1. The number of carbonyl (C=O) groups excluding carboxylic acids is 1. The highest BCUT2D eigenvalue weighted by atomic mass is 35.5. The van der Waals surface area contributed by atoms with Gasteiger partial charge in [-0.05, 0) is 35.7 Å². The van der Waals surface area contributed by atoms with Crippen LogP contribution in [0.1, 0.15) is 11.1 Å². The Bertz CT molecular complexity index is 777. The average Bonchev–Trinajstić information content (AvgIpc) is 2.93. The molecule has 2 N–H and O–H groups in total. The van der Waals surface area contributed by atoms with Crippen molar-refractivity contribution >= 4 is 28.4 Å². The quantitative estimate of drug-likeness (QED) is 0.741. The van der Waals surface area contributed by atoms with Gasteiger partial charge in [0.05, 0.1) is 6.42 Å². The maximum Gasteiger partial charge on any atom is 0.224 e. The van der Waals surface area contributed by atoms with Gasteiger partial charge in [0.25, 0.3) is 0 Å². The first-order valence-corrected chi connectivity index (χ1v) is 7.66. The number of aromatic nitrogens is 1. The predicted octanol–water partition coefficient (Wildman–Crippen LogP) is 3.72. The van der Waals surface area contributed by atoms with E-state index in [4.69, 9.17) is 11.6 Å². The molecule has 0 saturated carbocycles. The van der Waals surface area contributed by atoms with Crippen molar-refractivity contribution in [2.45, 2.75) is 12.8 Å². The van der Waals surface area contributed by atoms with Crippen molar-refractivity contribution in [1.82, 2.24) is 10.3 Å². The van der Waals surface area contributed by atoms with E-state index in [0.29, 0.717) is 13.0 Å². The minimum absolute atomic E-state index is 0.0405. The molecule has 3 aromatic rings. The molecule has 0 bridgehead atoms. The van der Waals surface area contributed by atoms with Crippen LogP contribution < -0.4 is 5.32 Å². The summed E-state index contributed by atoms with van der Waals surface area (Å²) >= 11 is 5.85. The highest BCUT2D eigenvalue weighted by Gasteiger charge is 2.08. The summed E-state index contributed by atoms with van der Waals surface area (Å²) in [6.07, 6.45) is 3.10. The number of hydrogen-bond acceptors (Lipinski definition) is 1. The number of aromatic amines is 1. The number of H-pyrrole nitrogens is 1. The van der Waals surface area contributed by atoms with Gasteiger partial charge in [-0.15, -0.1) is 0 Å². The molecule has 0 atom stereocenters. The summed E-state index contributed by atoms with van der Waals surface area (Å²) in [6.45, 7) is 0.628. The molecule has 0 fully saturated rings. The molecule has 3 nitrogen and oxygen atoms in total. The van der Waals surface area contributed by atoms with Crippen LogP contribution in [0.2, 0.25) is 5.02 Å². The Labute approximate surface area is 134 Å². The summed E-state index contributed by atoms with van der Waals surface area (Å²) < 4.78 is 0. The summed E-state index contributed by atoms with van der Waals surface area (Å²) in [4.78, 5) is 15.2. The van der Waals surface area contributed by atoms with Gasteiger partial charge in [0, 0.05) is 28.7 Å². The van der Waals surface area contributed by atoms with Crippen LogP contribution in [0.25, 0.3) is 10.9 Å². The first-order valence-electron chi connectivity index (χ1n) is 7.28. The molecular formula is C18H17ClN2O. The Kier molecular flexibility index (Phi) is 4.45. The predicted molar refractivity (Wildman–Crippen MR) is 90.2 cm³/mol. The largest absolute Gasteiger partial charge is 0.361 e. The van der Waals surface area contributed by atoms with Crippen molar-refractivity contribution in [3.63, 3.8) is 0 Å². The van der Waals surface area contributed by atoms with E-state index in [9.17, 15) is 4.79 Å². The minimum Gasteiger partial charge on any atom is -0.361 e. The molecular weight excluding hydrogens is 296 g/mol. The monoisotopic (exact) mass is 312 g/mol. The summed E-state index contributed by atoms with van der Waals surface area (Å²) in [7, 11) is 0. The molecule has 0 spiro atoms. The number of para-hydroxylation sites is 1. The van der Waals surface area contributed by atoms with Crippen LogP contribution in [-0.2, 0) is 17.6 Å². The third-order valence-electron chi connectivity index (χ3n) is 3.68. The van der Waals surface area contributed by atoms with Crippen molar-refractivity contribution in [3.8, 4) is 0 Å².